The van der Waals surface area contributed by atoms with Gasteiger partial charge in [-0.15, -0.1) is 0 Å². The van der Waals surface area contributed by atoms with E-state index >= 15 is 0 Å². The van der Waals surface area contributed by atoms with Crippen LogP contribution in [0.3, 0.4) is 0 Å². The topological polar surface area (TPSA) is 107 Å². The number of fused-ring (bicyclic) bond motifs is 5. The van der Waals surface area contributed by atoms with Gasteiger partial charge < -0.3 is 4.18 Å². The van der Waals surface area contributed by atoms with Crippen LogP contribution in [-0.4, -0.2) is 25.1 Å². The third-order valence-corrected chi connectivity index (χ3v) is 9.31. The van der Waals surface area contributed by atoms with Crippen molar-refractivity contribution in [3.8, 4) is 5.75 Å². The largest absolute Gasteiger partial charge is 0.380 e. The van der Waals surface area contributed by atoms with E-state index in [1.54, 1.807) is 12.1 Å². The van der Waals surface area contributed by atoms with E-state index in [0.717, 1.165) is 36.8 Å². The van der Waals surface area contributed by atoms with Crippen molar-refractivity contribution in [1.82, 2.24) is 4.90 Å². The summed E-state index contributed by atoms with van der Waals surface area (Å²) in [6, 6.07) is 13.6. The van der Waals surface area contributed by atoms with Gasteiger partial charge in [-0.05, 0) is 83.2 Å². The van der Waals surface area contributed by atoms with E-state index in [2.05, 4.69) is 39.8 Å². The molecule has 1 saturated carbocycles. The number of rotatable bonds is 4. The lowest BCUT2D eigenvalue weighted by Gasteiger charge is -2.54. The summed E-state index contributed by atoms with van der Waals surface area (Å²) in [6.07, 6.45) is 3.56. The fraction of sp³-hybridized carbons (Fsp3) is 0.517. The van der Waals surface area contributed by atoms with Crippen LogP contribution in [-0.2, 0) is 38.3 Å². The molecule has 2 N–H and O–H groups in total. The van der Waals surface area contributed by atoms with Crippen molar-refractivity contribution < 1.29 is 22.2 Å². The zero-order valence-corrected chi connectivity index (χ0v) is 22.8. The van der Waals surface area contributed by atoms with Crippen LogP contribution in [0.25, 0.3) is 0 Å². The van der Waals surface area contributed by atoms with Crippen molar-refractivity contribution in [2.24, 2.45) is 22.4 Å². The Hall–Kier alpha value is -2.71. The first-order chi connectivity index (χ1) is 17.3. The molecule has 0 aromatic heterocycles. The summed E-state index contributed by atoms with van der Waals surface area (Å²) in [4.78, 5) is 28.7. The summed E-state index contributed by atoms with van der Waals surface area (Å²) >= 11 is 0. The minimum Gasteiger partial charge on any atom is -0.371 e. The molecule has 1 saturated heterocycles. The van der Waals surface area contributed by atoms with Gasteiger partial charge >= 0.3 is 10.3 Å². The molecule has 198 valence electrons. The molecule has 37 heavy (non-hydrogen) atoms. The molecule has 2 aromatic rings. The maximum Gasteiger partial charge on any atom is 0.380 e. The monoisotopic (exact) mass is 524 g/mol. The van der Waals surface area contributed by atoms with Gasteiger partial charge in [0.15, 0.2) is 0 Å². The third kappa shape index (κ3) is 4.81. The molecule has 8 heteroatoms. The number of carbonyl (C=O) groups is 2. The molecule has 2 fully saturated rings. The van der Waals surface area contributed by atoms with Gasteiger partial charge in [0.2, 0.25) is 11.8 Å². The highest BCUT2D eigenvalue weighted by molar-refractivity contribution is 7.84. The minimum atomic E-state index is -4.08. The number of likely N-dealkylation sites (tertiary alicyclic amines) is 1. The molecule has 1 aliphatic heterocycles. The van der Waals surface area contributed by atoms with Gasteiger partial charge in [-0.3, -0.25) is 14.5 Å². The van der Waals surface area contributed by atoms with Crippen LogP contribution >= 0.6 is 0 Å². The fourth-order valence-corrected chi connectivity index (χ4v) is 7.25. The Labute approximate surface area is 219 Å². The highest BCUT2D eigenvalue weighted by Crippen LogP contribution is 2.58. The van der Waals surface area contributed by atoms with E-state index in [4.69, 9.17) is 9.32 Å². The molecular weight excluding hydrogens is 488 g/mol. The van der Waals surface area contributed by atoms with Crippen LogP contribution in [0.1, 0.15) is 81.5 Å². The van der Waals surface area contributed by atoms with Gasteiger partial charge in [-0.25, -0.2) is 0 Å². The normalized spacial score (nSPS) is 27.8. The maximum absolute atomic E-state index is 13.8. The standard InChI is InChI=1S/C29H36N2O5S/c1-28(2,3)20-8-5-18(6-9-20)17-31-26(32)16-25-24-11-7-19-15-21(36-37(30,34)35)10-12-22(19)23(24)13-14-29(25,4)27(31)33/h5-6,8-10,12,15,23-25H,7,11,13-14,16-17H2,1-4H3,(H2,30,34,35)/t23?,24?,25?,29-/m0/s1. The van der Waals surface area contributed by atoms with Crippen LogP contribution in [0.4, 0.5) is 0 Å². The molecule has 2 aromatic carbocycles. The zero-order chi connectivity index (χ0) is 26.8. The Balaban J connectivity index is 1.36. The van der Waals surface area contributed by atoms with E-state index in [1.807, 2.05) is 18.2 Å². The Kier molecular flexibility index (Phi) is 6.27. The molecule has 3 unspecified atom stereocenters. The van der Waals surface area contributed by atoms with E-state index in [-0.39, 0.29) is 40.7 Å². The molecule has 0 bridgehead atoms. The van der Waals surface area contributed by atoms with Crippen LogP contribution in [0, 0.1) is 17.3 Å². The fourth-order valence-electron chi connectivity index (χ4n) is 6.88. The summed E-state index contributed by atoms with van der Waals surface area (Å²) < 4.78 is 27.5. The van der Waals surface area contributed by atoms with Crippen molar-refractivity contribution in [2.45, 2.75) is 77.7 Å². The molecule has 1 heterocycles. The summed E-state index contributed by atoms with van der Waals surface area (Å²) in [5, 5.41) is 5.03. The highest BCUT2D eigenvalue weighted by atomic mass is 32.2. The quantitative estimate of drug-likeness (QED) is 0.589. The van der Waals surface area contributed by atoms with Crippen molar-refractivity contribution in [3.63, 3.8) is 0 Å². The first-order valence-electron chi connectivity index (χ1n) is 13.1. The summed E-state index contributed by atoms with van der Waals surface area (Å²) in [5.74, 6) is 0.555. The first-order valence-corrected chi connectivity index (χ1v) is 14.5. The predicted octanol–water partition coefficient (Wildman–Crippen LogP) is 4.59. The van der Waals surface area contributed by atoms with E-state index in [9.17, 15) is 18.0 Å². The number of piperidine rings is 1. The lowest BCUT2D eigenvalue weighted by molar-refractivity contribution is -0.168. The number of benzene rings is 2. The lowest BCUT2D eigenvalue weighted by atomic mass is 9.52. The molecule has 5 rings (SSSR count). The van der Waals surface area contributed by atoms with E-state index in [1.165, 1.54) is 16.0 Å². The average molecular weight is 525 g/mol. The van der Waals surface area contributed by atoms with Gasteiger partial charge in [0.1, 0.15) is 5.75 Å². The van der Waals surface area contributed by atoms with Crippen molar-refractivity contribution in [1.29, 1.82) is 0 Å². The highest BCUT2D eigenvalue weighted by Gasteiger charge is 2.57. The van der Waals surface area contributed by atoms with Crippen LogP contribution < -0.4 is 9.32 Å². The molecule has 0 spiro atoms. The summed E-state index contributed by atoms with van der Waals surface area (Å²) in [7, 11) is -4.08. The smallest absolute Gasteiger partial charge is 0.371 e. The van der Waals surface area contributed by atoms with E-state index < -0.39 is 15.7 Å². The van der Waals surface area contributed by atoms with Crippen molar-refractivity contribution in [3.05, 3.63) is 64.7 Å². The van der Waals surface area contributed by atoms with Crippen LogP contribution in [0.2, 0.25) is 0 Å². The van der Waals surface area contributed by atoms with Crippen LogP contribution in [0.5, 0.6) is 5.75 Å². The molecule has 2 amide bonds. The summed E-state index contributed by atoms with van der Waals surface area (Å²) in [5.41, 5.74) is 3.90. The number of imide groups is 1. The Bertz CT molecular complexity index is 1350. The predicted molar refractivity (Wildman–Crippen MR) is 141 cm³/mol. The van der Waals surface area contributed by atoms with E-state index in [0.29, 0.717) is 13.0 Å². The average Bonchev–Trinajstić information content (AvgIpc) is 2.81. The maximum atomic E-state index is 13.8. The summed E-state index contributed by atoms with van der Waals surface area (Å²) in [6.45, 7) is 8.86. The number of aryl methyl sites for hydroxylation is 1. The molecule has 2 aliphatic carbocycles. The van der Waals surface area contributed by atoms with Gasteiger partial charge in [-0.2, -0.15) is 13.6 Å². The third-order valence-electron chi connectivity index (χ3n) is 8.89. The number of nitrogens with zero attached hydrogens (tertiary/aromatic N) is 1. The number of hydrogen-bond donors (Lipinski definition) is 1. The Morgan fingerprint density at radius 1 is 1.08 bits per heavy atom. The molecule has 3 aliphatic rings. The SMILES string of the molecule is CC(C)(C)c1ccc(CN2C(=O)CC3C4CCc5cc(OS(N)(=O)=O)ccc5C4CC[C@]3(C)C2=O)cc1. The van der Waals surface area contributed by atoms with Gasteiger partial charge in [-0.1, -0.05) is 58.0 Å². The van der Waals surface area contributed by atoms with Gasteiger partial charge in [0, 0.05) is 6.42 Å². The van der Waals surface area contributed by atoms with Crippen molar-refractivity contribution >= 4 is 22.1 Å². The number of amides is 2. The molecule has 7 nitrogen and oxygen atoms in total. The minimum absolute atomic E-state index is 0.000683. The lowest BCUT2D eigenvalue weighted by Crippen LogP contribution is -2.58. The molecule has 0 radical (unpaired) electrons. The molecule has 4 atom stereocenters. The Morgan fingerprint density at radius 2 is 1.78 bits per heavy atom. The van der Waals surface area contributed by atoms with Crippen molar-refractivity contribution in [2.75, 3.05) is 0 Å². The van der Waals surface area contributed by atoms with Gasteiger partial charge in [0.05, 0.1) is 12.0 Å². The zero-order valence-electron chi connectivity index (χ0n) is 22.0. The first kappa shape index (κ1) is 25.9. The molecular formula is C29H36N2O5S. The second kappa shape index (κ2) is 8.95. The Morgan fingerprint density at radius 3 is 2.43 bits per heavy atom. The van der Waals surface area contributed by atoms with Gasteiger partial charge in [0.25, 0.3) is 0 Å². The second-order valence-electron chi connectivity index (χ2n) is 12.2. The van der Waals surface area contributed by atoms with Crippen LogP contribution in [0.15, 0.2) is 42.5 Å². The number of nitrogens with two attached hydrogens (primary N) is 1. The number of carbonyl (C=O) groups excluding carboxylic acids is 2. The number of hydrogen-bond acceptors (Lipinski definition) is 5. The second-order valence-corrected chi connectivity index (χ2v) is 13.4.